The number of ether oxygens (including phenoxy) is 1. The second-order valence-corrected chi connectivity index (χ2v) is 8.88. The third-order valence-electron chi connectivity index (χ3n) is 5.47. The Bertz CT molecular complexity index is 668. The van der Waals surface area contributed by atoms with Crippen LogP contribution >= 0.6 is 0 Å². The molecule has 136 valence electrons. The lowest BCUT2D eigenvalue weighted by Crippen LogP contribution is -2.77. The number of carbonyl (C=O) groups excluding carboxylic acids is 2. The molecule has 1 unspecified atom stereocenters. The molecule has 5 heteroatoms. The number of carbonyl (C=O) groups is 2. The highest BCUT2D eigenvalue weighted by Gasteiger charge is 2.71. The van der Waals surface area contributed by atoms with Crippen LogP contribution in [-0.2, 0) is 9.53 Å². The van der Waals surface area contributed by atoms with E-state index in [0.29, 0.717) is 0 Å². The van der Waals surface area contributed by atoms with Gasteiger partial charge < -0.3 is 15.4 Å². The van der Waals surface area contributed by atoms with Crippen molar-refractivity contribution >= 4 is 17.7 Å². The number of nitrogens with one attached hydrogen (secondary N) is 2. The van der Waals surface area contributed by atoms with Crippen LogP contribution < -0.4 is 10.6 Å². The summed E-state index contributed by atoms with van der Waals surface area (Å²) in [5, 5.41) is 6.00. The lowest BCUT2D eigenvalue weighted by molar-refractivity contribution is -0.186. The standard InChI is InChI=1S/C20H28N2O3/c1-13-6-8-15(9-7-13)21-16(23)14(2)19-10-20(11-19,12-19)22-17(24)25-18(3,4)5/h6-9,14H,10-12H2,1-5H3,(H,21,23)(H,22,24). The van der Waals surface area contributed by atoms with Crippen molar-refractivity contribution in [3.05, 3.63) is 29.8 Å². The molecule has 5 nitrogen and oxygen atoms in total. The fourth-order valence-corrected chi connectivity index (χ4v) is 4.14. The van der Waals surface area contributed by atoms with Crippen molar-refractivity contribution in [2.24, 2.45) is 11.3 Å². The number of hydrogen-bond donors (Lipinski definition) is 2. The summed E-state index contributed by atoms with van der Waals surface area (Å²) in [6.07, 6.45) is 2.18. The molecule has 4 rings (SSSR count). The van der Waals surface area contributed by atoms with E-state index in [1.165, 1.54) is 5.56 Å². The van der Waals surface area contributed by atoms with Gasteiger partial charge in [-0.2, -0.15) is 0 Å². The van der Waals surface area contributed by atoms with Gasteiger partial charge in [0.25, 0.3) is 0 Å². The van der Waals surface area contributed by atoms with Gasteiger partial charge in [-0.15, -0.1) is 0 Å². The Labute approximate surface area is 149 Å². The number of rotatable bonds is 4. The van der Waals surface area contributed by atoms with E-state index in [4.69, 9.17) is 4.74 Å². The zero-order chi connectivity index (χ0) is 18.5. The molecule has 3 saturated carbocycles. The number of alkyl carbamates (subject to hydrolysis) is 1. The van der Waals surface area contributed by atoms with Crippen molar-refractivity contribution in [3.63, 3.8) is 0 Å². The number of amides is 2. The lowest BCUT2D eigenvalue weighted by atomic mass is 9.36. The molecule has 2 amide bonds. The quantitative estimate of drug-likeness (QED) is 0.867. The number of anilines is 1. The zero-order valence-electron chi connectivity index (χ0n) is 15.7. The minimum absolute atomic E-state index is 0.0177. The third kappa shape index (κ3) is 3.51. The average Bonchev–Trinajstić information content (AvgIpc) is 2.41. The van der Waals surface area contributed by atoms with Crippen molar-refractivity contribution in [1.82, 2.24) is 5.32 Å². The summed E-state index contributed by atoms with van der Waals surface area (Å²) in [6.45, 7) is 9.57. The van der Waals surface area contributed by atoms with Gasteiger partial charge in [-0.3, -0.25) is 4.79 Å². The van der Waals surface area contributed by atoms with E-state index in [0.717, 1.165) is 24.9 Å². The maximum Gasteiger partial charge on any atom is 0.408 e. The molecule has 3 fully saturated rings. The SMILES string of the molecule is Cc1ccc(NC(=O)C(C)C23CC(NC(=O)OC(C)(C)C)(C2)C3)cc1. The molecule has 1 aromatic carbocycles. The van der Waals surface area contributed by atoms with Crippen LogP contribution in [0.25, 0.3) is 0 Å². The van der Waals surface area contributed by atoms with Gasteiger partial charge in [0.2, 0.25) is 5.91 Å². The Hall–Kier alpha value is -2.04. The molecular weight excluding hydrogens is 316 g/mol. The van der Waals surface area contributed by atoms with Crippen LogP contribution in [0.4, 0.5) is 10.5 Å². The van der Waals surface area contributed by atoms with E-state index in [1.54, 1.807) is 0 Å². The van der Waals surface area contributed by atoms with E-state index >= 15 is 0 Å². The highest BCUT2D eigenvalue weighted by Crippen LogP contribution is 2.70. The van der Waals surface area contributed by atoms with Gasteiger partial charge in [0.15, 0.2) is 0 Å². The second-order valence-electron chi connectivity index (χ2n) is 8.88. The largest absolute Gasteiger partial charge is 0.444 e. The molecular formula is C20H28N2O3. The van der Waals surface area contributed by atoms with Crippen molar-refractivity contribution in [3.8, 4) is 0 Å². The summed E-state index contributed by atoms with van der Waals surface area (Å²) in [5.74, 6) is -0.0227. The summed E-state index contributed by atoms with van der Waals surface area (Å²) >= 11 is 0. The molecule has 2 bridgehead atoms. The fraction of sp³-hybridized carbons (Fsp3) is 0.600. The Morgan fingerprint density at radius 2 is 1.68 bits per heavy atom. The first-order valence-corrected chi connectivity index (χ1v) is 8.91. The summed E-state index contributed by atoms with van der Waals surface area (Å²) in [6, 6.07) is 7.82. The van der Waals surface area contributed by atoms with Crippen LogP contribution in [0, 0.1) is 18.3 Å². The maximum atomic E-state index is 12.6. The van der Waals surface area contributed by atoms with Crippen molar-refractivity contribution in [2.45, 2.75) is 65.0 Å². The van der Waals surface area contributed by atoms with E-state index in [-0.39, 0.29) is 28.9 Å². The van der Waals surface area contributed by atoms with Gasteiger partial charge in [-0.25, -0.2) is 4.79 Å². The molecule has 0 heterocycles. The van der Waals surface area contributed by atoms with Crippen molar-refractivity contribution in [2.75, 3.05) is 5.32 Å². The molecule has 3 aliphatic carbocycles. The van der Waals surface area contributed by atoms with Crippen LogP contribution in [0.1, 0.15) is 52.5 Å². The maximum absolute atomic E-state index is 12.6. The monoisotopic (exact) mass is 344 g/mol. The number of hydrogen-bond acceptors (Lipinski definition) is 3. The van der Waals surface area contributed by atoms with E-state index in [1.807, 2.05) is 58.9 Å². The van der Waals surface area contributed by atoms with Gasteiger partial charge >= 0.3 is 6.09 Å². The number of benzene rings is 1. The molecule has 0 saturated heterocycles. The minimum Gasteiger partial charge on any atom is -0.444 e. The highest BCUT2D eigenvalue weighted by molar-refractivity contribution is 5.93. The Morgan fingerprint density at radius 3 is 2.20 bits per heavy atom. The first kappa shape index (κ1) is 17.8. The highest BCUT2D eigenvalue weighted by atomic mass is 16.6. The van der Waals surface area contributed by atoms with Crippen molar-refractivity contribution < 1.29 is 14.3 Å². The summed E-state index contributed by atoms with van der Waals surface area (Å²) < 4.78 is 5.33. The van der Waals surface area contributed by atoms with Crippen LogP contribution in [-0.4, -0.2) is 23.1 Å². The van der Waals surface area contributed by atoms with Crippen LogP contribution in [0.2, 0.25) is 0 Å². The van der Waals surface area contributed by atoms with Gasteiger partial charge in [0.05, 0.1) is 0 Å². The Kier molecular flexibility index (Phi) is 4.09. The second kappa shape index (κ2) is 5.75. The molecule has 0 radical (unpaired) electrons. The van der Waals surface area contributed by atoms with E-state index in [9.17, 15) is 9.59 Å². The molecule has 0 aromatic heterocycles. The summed E-state index contributed by atoms with van der Waals surface area (Å²) in [5.41, 5.74) is 1.35. The van der Waals surface area contributed by atoms with E-state index in [2.05, 4.69) is 10.6 Å². The lowest BCUT2D eigenvalue weighted by Gasteiger charge is -2.72. The molecule has 0 aliphatic heterocycles. The van der Waals surface area contributed by atoms with E-state index < -0.39 is 5.60 Å². The normalized spacial score (nSPS) is 28.2. The van der Waals surface area contributed by atoms with Crippen LogP contribution in [0.5, 0.6) is 0 Å². The predicted octanol–water partition coefficient (Wildman–Crippen LogP) is 4.02. The molecule has 2 N–H and O–H groups in total. The smallest absolute Gasteiger partial charge is 0.408 e. The Balaban J connectivity index is 1.51. The van der Waals surface area contributed by atoms with Gasteiger partial charge in [0.1, 0.15) is 5.60 Å². The minimum atomic E-state index is -0.494. The average molecular weight is 344 g/mol. The van der Waals surface area contributed by atoms with Crippen LogP contribution in [0.3, 0.4) is 0 Å². The fourth-order valence-electron chi connectivity index (χ4n) is 4.14. The topological polar surface area (TPSA) is 67.4 Å². The summed E-state index contributed by atoms with van der Waals surface area (Å²) in [7, 11) is 0. The van der Waals surface area contributed by atoms with Gasteiger partial charge in [-0.1, -0.05) is 24.6 Å². The Morgan fingerprint density at radius 1 is 1.12 bits per heavy atom. The van der Waals surface area contributed by atoms with Gasteiger partial charge in [0, 0.05) is 17.1 Å². The van der Waals surface area contributed by atoms with Gasteiger partial charge in [-0.05, 0) is 64.5 Å². The molecule has 25 heavy (non-hydrogen) atoms. The first-order valence-electron chi connectivity index (χ1n) is 8.91. The summed E-state index contributed by atoms with van der Waals surface area (Å²) in [4.78, 5) is 24.5. The molecule has 3 aliphatic rings. The van der Waals surface area contributed by atoms with Crippen LogP contribution in [0.15, 0.2) is 24.3 Å². The predicted molar refractivity (Wildman–Crippen MR) is 97.4 cm³/mol. The molecule has 1 atom stereocenters. The zero-order valence-corrected chi connectivity index (χ0v) is 15.7. The third-order valence-corrected chi connectivity index (χ3v) is 5.47. The van der Waals surface area contributed by atoms with Crippen molar-refractivity contribution in [1.29, 1.82) is 0 Å². The molecule has 0 spiro atoms. The number of aryl methyl sites for hydroxylation is 1. The first-order chi connectivity index (χ1) is 11.5. The molecule has 1 aromatic rings.